The first kappa shape index (κ1) is 13.3. The van der Waals surface area contributed by atoms with Crippen LogP contribution in [0.4, 0.5) is 5.69 Å². The van der Waals surface area contributed by atoms with Crippen molar-refractivity contribution in [1.82, 2.24) is 0 Å². The Labute approximate surface area is 112 Å². The SMILES string of the molecule is COC(=O)CC1(CSc2cc(N)ccc2C)CC1. The van der Waals surface area contributed by atoms with Crippen molar-refractivity contribution in [3.63, 3.8) is 0 Å². The molecule has 0 aromatic heterocycles. The van der Waals surface area contributed by atoms with Gasteiger partial charge in [-0.3, -0.25) is 4.79 Å². The molecule has 4 heteroatoms. The molecule has 0 atom stereocenters. The molecule has 1 fully saturated rings. The van der Waals surface area contributed by atoms with Crippen molar-refractivity contribution in [3.8, 4) is 0 Å². The third-order valence-corrected chi connectivity index (χ3v) is 4.96. The molecule has 1 aromatic carbocycles. The van der Waals surface area contributed by atoms with Crippen LogP contribution in [-0.4, -0.2) is 18.8 Å². The highest BCUT2D eigenvalue weighted by atomic mass is 32.2. The standard InChI is InChI=1S/C14H19NO2S/c1-10-3-4-11(15)7-12(10)18-9-14(5-6-14)8-13(16)17-2/h3-4,7H,5-6,8-9,15H2,1-2H3. The number of methoxy groups -OCH3 is 1. The summed E-state index contributed by atoms with van der Waals surface area (Å²) in [5.74, 6) is 0.865. The van der Waals surface area contributed by atoms with Gasteiger partial charge in [0.1, 0.15) is 0 Å². The molecule has 2 N–H and O–H groups in total. The van der Waals surface area contributed by atoms with Gasteiger partial charge in [-0.1, -0.05) is 6.07 Å². The van der Waals surface area contributed by atoms with E-state index in [0.29, 0.717) is 6.42 Å². The smallest absolute Gasteiger partial charge is 0.306 e. The van der Waals surface area contributed by atoms with Gasteiger partial charge in [-0.25, -0.2) is 0 Å². The molecule has 0 radical (unpaired) electrons. The van der Waals surface area contributed by atoms with Gasteiger partial charge in [0, 0.05) is 16.3 Å². The first-order valence-electron chi connectivity index (χ1n) is 6.10. The van der Waals surface area contributed by atoms with Crippen molar-refractivity contribution in [2.75, 3.05) is 18.6 Å². The van der Waals surface area contributed by atoms with Crippen LogP contribution < -0.4 is 5.73 Å². The summed E-state index contributed by atoms with van der Waals surface area (Å²) in [6.45, 7) is 2.08. The molecule has 0 heterocycles. The first-order chi connectivity index (χ1) is 8.54. The molecule has 1 saturated carbocycles. The highest BCUT2D eigenvalue weighted by Crippen LogP contribution is 2.52. The molecule has 18 heavy (non-hydrogen) atoms. The zero-order valence-electron chi connectivity index (χ0n) is 10.9. The number of hydrogen-bond donors (Lipinski definition) is 1. The number of hydrogen-bond acceptors (Lipinski definition) is 4. The molecule has 0 amide bonds. The van der Waals surface area contributed by atoms with Gasteiger partial charge < -0.3 is 10.5 Å². The summed E-state index contributed by atoms with van der Waals surface area (Å²) in [5, 5.41) is 0. The quantitative estimate of drug-likeness (QED) is 0.505. The third kappa shape index (κ3) is 3.19. The van der Waals surface area contributed by atoms with Crippen molar-refractivity contribution in [3.05, 3.63) is 23.8 Å². The topological polar surface area (TPSA) is 52.3 Å². The van der Waals surface area contributed by atoms with Crippen molar-refractivity contribution >= 4 is 23.4 Å². The van der Waals surface area contributed by atoms with Gasteiger partial charge >= 0.3 is 5.97 Å². The van der Waals surface area contributed by atoms with Crippen LogP contribution in [0.5, 0.6) is 0 Å². The maximum Gasteiger partial charge on any atom is 0.306 e. The maximum absolute atomic E-state index is 11.3. The van der Waals surface area contributed by atoms with Gasteiger partial charge in [0.2, 0.25) is 0 Å². The highest BCUT2D eigenvalue weighted by molar-refractivity contribution is 7.99. The maximum atomic E-state index is 11.3. The van der Waals surface area contributed by atoms with Crippen molar-refractivity contribution < 1.29 is 9.53 Å². The molecule has 98 valence electrons. The minimum Gasteiger partial charge on any atom is -0.469 e. The van der Waals surface area contributed by atoms with Crippen molar-refractivity contribution in [2.24, 2.45) is 5.41 Å². The van der Waals surface area contributed by atoms with E-state index in [0.717, 1.165) is 24.3 Å². The molecule has 0 spiro atoms. The molecule has 1 aliphatic carbocycles. The fraction of sp³-hybridized carbons (Fsp3) is 0.500. The largest absolute Gasteiger partial charge is 0.469 e. The van der Waals surface area contributed by atoms with E-state index in [9.17, 15) is 4.79 Å². The molecule has 0 bridgehead atoms. The van der Waals surface area contributed by atoms with E-state index in [-0.39, 0.29) is 11.4 Å². The number of carbonyl (C=O) groups is 1. The number of nitrogen functional groups attached to an aromatic ring is 1. The predicted molar refractivity (Wildman–Crippen MR) is 74.6 cm³/mol. The number of esters is 1. The summed E-state index contributed by atoms with van der Waals surface area (Å²) >= 11 is 1.80. The van der Waals surface area contributed by atoms with Gasteiger partial charge in [-0.05, 0) is 42.9 Å². The molecule has 1 aliphatic rings. The van der Waals surface area contributed by atoms with E-state index >= 15 is 0 Å². The Morgan fingerprint density at radius 1 is 1.50 bits per heavy atom. The molecular formula is C14H19NO2S. The molecule has 3 nitrogen and oxygen atoms in total. The first-order valence-corrected chi connectivity index (χ1v) is 7.09. The van der Waals surface area contributed by atoms with Gasteiger partial charge in [0.05, 0.1) is 13.5 Å². The van der Waals surface area contributed by atoms with Crippen molar-refractivity contribution in [1.29, 1.82) is 0 Å². The minimum atomic E-state index is -0.0996. The zero-order chi connectivity index (χ0) is 13.2. The van der Waals surface area contributed by atoms with Crippen LogP contribution in [0.1, 0.15) is 24.8 Å². The monoisotopic (exact) mass is 265 g/mol. The zero-order valence-corrected chi connectivity index (χ0v) is 11.7. The summed E-state index contributed by atoms with van der Waals surface area (Å²) in [7, 11) is 1.45. The normalized spacial score (nSPS) is 16.3. The van der Waals surface area contributed by atoms with E-state index < -0.39 is 0 Å². The lowest BCUT2D eigenvalue weighted by atomic mass is 10.1. The molecule has 1 aromatic rings. The minimum absolute atomic E-state index is 0.0996. The van der Waals surface area contributed by atoms with Crippen LogP contribution in [-0.2, 0) is 9.53 Å². The second kappa shape index (κ2) is 5.22. The fourth-order valence-corrected chi connectivity index (χ4v) is 3.30. The number of carbonyl (C=O) groups excluding carboxylic acids is 1. The number of anilines is 1. The van der Waals surface area contributed by atoms with E-state index in [4.69, 9.17) is 10.5 Å². The Morgan fingerprint density at radius 3 is 2.83 bits per heavy atom. The lowest BCUT2D eigenvalue weighted by molar-refractivity contribution is -0.141. The van der Waals surface area contributed by atoms with Crippen LogP contribution in [0.3, 0.4) is 0 Å². The Bertz CT molecular complexity index is 455. The lowest BCUT2D eigenvalue weighted by Crippen LogP contribution is -2.13. The van der Waals surface area contributed by atoms with Gasteiger partial charge in [0.15, 0.2) is 0 Å². The molecule has 0 unspecified atom stereocenters. The van der Waals surface area contributed by atoms with Crippen LogP contribution >= 0.6 is 11.8 Å². The molecular weight excluding hydrogens is 246 g/mol. The average Bonchev–Trinajstić information content (AvgIpc) is 3.10. The van der Waals surface area contributed by atoms with Gasteiger partial charge in [-0.15, -0.1) is 11.8 Å². The number of ether oxygens (including phenoxy) is 1. The summed E-state index contributed by atoms with van der Waals surface area (Å²) in [4.78, 5) is 12.6. The highest BCUT2D eigenvalue weighted by Gasteiger charge is 2.44. The summed E-state index contributed by atoms with van der Waals surface area (Å²) in [6.07, 6.45) is 2.78. The second-order valence-electron chi connectivity index (χ2n) is 5.07. The number of thioether (sulfide) groups is 1. The summed E-state index contributed by atoms with van der Waals surface area (Å²) in [6, 6.07) is 5.96. The fourth-order valence-electron chi connectivity index (χ4n) is 1.93. The number of benzene rings is 1. The van der Waals surface area contributed by atoms with E-state index in [1.165, 1.54) is 17.6 Å². The Balaban J connectivity index is 1.95. The van der Waals surface area contributed by atoms with Gasteiger partial charge in [-0.2, -0.15) is 0 Å². The van der Waals surface area contributed by atoms with Gasteiger partial charge in [0.25, 0.3) is 0 Å². The second-order valence-corrected chi connectivity index (χ2v) is 6.08. The third-order valence-electron chi connectivity index (χ3n) is 3.45. The Kier molecular flexibility index (Phi) is 3.85. The summed E-state index contributed by atoms with van der Waals surface area (Å²) < 4.78 is 4.75. The number of aryl methyl sites for hydroxylation is 1. The molecule has 2 rings (SSSR count). The van der Waals surface area contributed by atoms with E-state index in [1.807, 2.05) is 18.2 Å². The predicted octanol–water partition coefficient (Wildman–Crippen LogP) is 3.01. The Hall–Kier alpha value is -1.16. The Morgan fingerprint density at radius 2 is 2.22 bits per heavy atom. The van der Waals surface area contributed by atoms with Crippen LogP contribution in [0, 0.1) is 12.3 Å². The molecule has 0 saturated heterocycles. The summed E-state index contributed by atoms with van der Waals surface area (Å²) in [5.41, 5.74) is 7.99. The van der Waals surface area contributed by atoms with E-state index in [2.05, 4.69) is 6.92 Å². The van der Waals surface area contributed by atoms with Crippen LogP contribution in [0.2, 0.25) is 0 Å². The van der Waals surface area contributed by atoms with Crippen LogP contribution in [0.15, 0.2) is 23.1 Å². The number of nitrogens with two attached hydrogens (primary N) is 1. The van der Waals surface area contributed by atoms with Crippen molar-refractivity contribution in [2.45, 2.75) is 31.1 Å². The number of rotatable bonds is 5. The lowest BCUT2D eigenvalue weighted by Gasteiger charge is -2.14. The van der Waals surface area contributed by atoms with E-state index in [1.54, 1.807) is 11.8 Å². The average molecular weight is 265 g/mol. The van der Waals surface area contributed by atoms with Crippen LogP contribution in [0.25, 0.3) is 0 Å². The molecule has 0 aliphatic heterocycles.